The van der Waals surface area contributed by atoms with E-state index in [1.807, 2.05) is 12.1 Å². The van der Waals surface area contributed by atoms with Gasteiger partial charge in [-0.3, -0.25) is 4.79 Å². The largest absolute Gasteiger partial charge is 0.486 e. The fourth-order valence-corrected chi connectivity index (χ4v) is 2.74. The molecule has 0 unspecified atom stereocenters. The van der Waals surface area contributed by atoms with Crippen LogP contribution in [0.1, 0.15) is 12.5 Å². The number of ether oxygens (including phenoxy) is 3. The SMILES string of the molecule is CCOC(=O)CSCc1cc(Cl)c2c(c1)OCCO2. The van der Waals surface area contributed by atoms with Gasteiger partial charge in [-0.2, -0.15) is 0 Å². The van der Waals surface area contributed by atoms with E-state index in [0.29, 0.717) is 47.8 Å². The maximum Gasteiger partial charge on any atom is 0.315 e. The zero-order valence-corrected chi connectivity index (χ0v) is 12.2. The normalized spacial score (nSPS) is 13.2. The van der Waals surface area contributed by atoms with Crippen LogP contribution in [0.25, 0.3) is 0 Å². The summed E-state index contributed by atoms with van der Waals surface area (Å²) < 4.78 is 15.8. The average Bonchev–Trinajstić information content (AvgIpc) is 2.39. The molecule has 0 aromatic heterocycles. The molecule has 0 aliphatic carbocycles. The Balaban J connectivity index is 1.94. The molecule has 0 radical (unpaired) electrons. The number of halogens is 1. The van der Waals surface area contributed by atoms with Gasteiger partial charge in [0.25, 0.3) is 0 Å². The Bertz CT molecular complexity index is 464. The Morgan fingerprint density at radius 3 is 3.00 bits per heavy atom. The highest BCUT2D eigenvalue weighted by molar-refractivity contribution is 7.99. The van der Waals surface area contributed by atoms with Crippen LogP contribution >= 0.6 is 23.4 Å². The predicted molar refractivity (Wildman–Crippen MR) is 75.2 cm³/mol. The van der Waals surface area contributed by atoms with Gasteiger partial charge in [0, 0.05) is 5.75 Å². The molecule has 6 heteroatoms. The van der Waals surface area contributed by atoms with Crippen LogP contribution in [0.15, 0.2) is 12.1 Å². The first kappa shape index (κ1) is 14.3. The molecule has 0 bridgehead atoms. The second-order valence-electron chi connectivity index (χ2n) is 3.90. The first-order valence-corrected chi connectivity index (χ1v) is 7.55. The van der Waals surface area contributed by atoms with Crippen LogP contribution in [0.3, 0.4) is 0 Å². The molecule has 4 nitrogen and oxygen atoms in total. The summed E-state index contributed by atoms with van der Waals surface area (Å²) in [4.78, 5) is 11.2. The van der Waals surface area contributed by atoms with Crippen LogP contribution in [0, 0.1) is 0 Å². The van der Waals surface area contributed by atoms with Crippen molar-refractivity contribution in [2.75, 3.05) is 25.6 Å². The van der Waals surface area contributed by atoms with Gasteiger partial charge in [0.05, 0.1) is 17.4 Å². The quantitative estimate of drug-likeness (QED) is 0.783. The van der Waals surface area contributed by atoms with Crippen LogP contribution in [-0.2, 0) is 15.3 Å². The number of carbonyl (C=O) groups is 1. The molecule has 0 amide bonds. The van der Waals surface area contributed by atoms with Gasteiger partial charge in [0.2, 0.25) is 0 Å². The summed E-state index contributed by atoms with van der Waals surface area (Å²) in [6.45, 7) is 3.25. The summed E-state index contributed by atoms with van der Waals surface area (Å²) in [5, 5.41) is 0.545. The monoisotopic (exact) mass is 302 g/mol. The smallest absolute Gasteiger partial charge is 0.315 e. The number of hydrogen-bond donors (Lipinski definition) is 0. The fraction of sp³-hybridized carbons (Fsp3) is 0.462. The van der Waals surface area contributed by atoms with Gasteiger partial charge in [-0.1, -0.05) is 11.6 Å². The zero-order chi connectivity index (χ0) is 13.7. The highest BCUT2D eigenvalue weighted by atomic mass is 35.5. The molecular formula is C13H15ClO4S. The highest BCUT2D eigenvalue weighted by Gasteiger charge is 2.16. The van der Waals surface area contributed by atoms with Crippen LogP contribution in [-0.4, -0.2) is 31.5 Å². The molecular weight excluding hydrogens is 288 g/mol. The third-order valence-corrected chi connectivity index (χ3v) is 3.71. The lowest BCUT2D eigenvalue weighted by Gasteiger charge is -2.20. The molecule has 1 aromatic carbocycles. The van der Waals surface area contributed by atoms with E-state index in [-0.39, 0.29) is 5.97 Å². The number of esters is 1. The lowest BCUT2D eigenvalue weighted by molar-refractivity contribution is -0.139. The molecule has 1 heterocycles. The average molecular weight is 303 g/mol. The van der Waals surface area contributed by atoms with Crippen molar-refractivity contribution in [2.24, 2.45) is 0 Å². The number of thioether (sulfide) groups is 1. The third kappa shape index (κ3) is 3.94. The Morgan fingerprint density at radius 1 is 1.42 bits per heavy atom. The van der Waals surface area contributed by atoms with E-state index < -0.39 is 0 Å². The lowest BCUT2D eigenvalue weighted by atomic mass is 10.2. The van der Waals surface area contributed by atoms with Gasteiger partial charge in [-0.05, 0) is 24.6 Å². The van der Waals surface area contributed by atoms with Gasteiger partial charge in [0.15, 0.2) is 11.5 Å². The lowest BCUT2D eigenvalue weighted by Crippen LogP contribution is -2.15. The standard InChI is InChI=1S/C13H15ClO4S/c1-2-16-12(15)8-19-7-9-5-10(14)13-11(6-9)17-3-4-18-13/h5-6H,2-4,7-8H2,1H3. The molecule has 0 N–H and O–H groups in total. The van der Waals surface area contributed by atoms with Crippen molar-refractivity contribution in [3.05, 3.63) is 22.7 Å². The number of rotatable bonds is 5. The Morgan fingerprint density at radius 2 is 2.21 bits per heavy atom. The van der Waals surface area contributed by atoms with E-state index in [0.717, 1.165) is 5.56 Å². The highest BCUT2D eigenvalue weighted by Crippen LogP contribution is 2.39. The Labute approximate surface area is 121 Å². The van der Waals surface area contributed by atoms with Crippen LogP contribution in [0.5, 0.6) is 11.5 Å². The number of fused-ring (bicyclic) bond motifs is 1. The molecule has 104 valence electrons. The molecule has 2 rings (SSSR count). The maximum absolute atomic E-state index is 11.2. The van der Waals surface area contributed by atoms with Gasteiger partial charge >= 0.3 is 5.97 Å². The van der Waals surface area contributed by atoms with Crippen molar-refractivity contribution in [2.45, 2.75) is 12.7 Å². The Hall–Kier alpha value is -1.07. The molecule has 1 aromatic rings. The third-order valence-electron chi connectivity index (χ3n) is 2.45. The first-order chi connectivity index (χ1) is 9.20. The summed E-state index contributed by atoms with van der Waals surface area (Å²) in [6.07, 6.45) is 0. The minimum Gasteiger partial charge on any atom is -0.486 e. The van der Waals surface area contributed by atoms with E-state index in [1.54, 1.807) is 6.92 Å². The summed E-state index contributed by atoms with van der Waals surface area (Å²) >= 11 is 7.62. The van der Waals surface area contributed by atoms with Gasteiger partial charge < -0.3 is 14.2 Å². The molecule has 0 atom stereocenters. The molecule has 0 saturated carbocycles. The minimum absolute atomic E-state index is 0.198. The van der Waals surface area contributed by atoms with Gasteiger partial charge in [-0.15, -0.1) is 11.8 Å². The van der Waals surface area contributed by atoms with E-state index >= 15 is 0 Å². The van der Waals surface area contributed by atoms with Crippen LogP contribution in [0.4, 0.5) is 0 Å². The van der Waals surface area contributed by atoms with Crippen LogP contribution < -0.4 is 9.47 Å². The number of carbonyl (C=O) groups excluding carboxylic acids is 1. The summed E-state index contributed by atoms with van der Waals surface area (Å²) in [7, 11) is 0. The molecule has 0 saturated heterocycles. The van der Waals surface area contributed by atoms with E-state index in [9.17, 15) is 4.79 Å². The number of benzene rings is 1. The van der Waals surface area contributed by atoms with Crippen molar-refractivity contribution < 1.29 is 19.0 Å². The van der Waals surface area contributed by atoms with E-state index in [1.165, 1.54) is 11.8 Å². The number of hydrogen-bond acceptors (Lipinski definition) is 5. The van der Waals surface area contributed by atoms with E-state index in [4.69, 9.17) is 25.8 Å². The van der Waals surface area contributed by atoms with Crippen molar-refractivity contribution in [1.29, 1.82) is 0 Å². The van der Waals surface area contributed by atoms with Crippen molar-refractivity contribution >= 4 is 29.3 Å². The van der Waals surface area contributed by atoms with Crippen molar-refractivity contribution in [1.82, 2.24) is 0 Å². The molecule has 0 fully saturated rings. The first-order valence-electron chi connectivity index (χ1n) is 6.02. The molecule has 0 spiro atoms. The second-order valence-corrected chi connectivity index (χ2v) is 5.29. The van der Waals surface area contributed by atoms with Crippen LogP contribution in [0.2, 0.25) is 5.02 Å². The second kappa shape index (κ2) is 6.91. The zero-order valence-electron chi connectivity index (χ0n) is 10.6. The van der Waals surface area contributed by atoms with Crippen molar-refractivity contribution in [3.8, 4) is 11.5 Å². The summed E-state index contributed by atoms with van der Waals surface area (Å²) in [5.74, 6) is 2.09. The summed E-state index contributed by atoms with van der Waals surface area (Å²) in [6, 6.07) is 3.74. The molecule has 1 aliphatic rings. The minimum atomic E-state index is -0.198. The predicted octanol–water partition coefficient (Wildman–Crippen LogP) is 2.91. The van der Waals surface area contributed by atoms with Gasteiger partial charge in [-0.25, -0.2) is 0 Å². The van der Waals surface area contributed by atoms with E-state index in [2.05, 4.69) is 0 Å². The van der Waals surface area contributed by atoms with Gasteiger partial charge in [0.1, 0.15) is 13.2 Å². The molecule has 19 heavy (non-hydrogen) atoms. The summed E-state index contributed by atoms with van der Waals surface area (Å²) in [5.41, 5.74) is 1.00. The topological polar surface area (TPSA) is 44.8 Å². The maximum atomic E-state index is 11.2. The molecule has 1 aliphatic heterocycles. The fourth-order valence-electron chi connectivity index (χ4n) is 1.70. The Kier molecular flexibility index (Phi) is 5.22. The van der Waals surface area contributed by atoms with Crippen molar-refractivity contribution in [3.63, 3.8) is 0 Å².